The molecule has 2 aliphatic rings. The lowest BCUT2D eigenvalue weighted by molar-refractivity contribution is 0.122. The number of rotatable bonds is 2. The number of anilines is 1. The van der Waals surface area contributed by atoms with Gasteiger partial charge >= 0.3 is 0 Å². The highest BCUT2D eigenvalue weighted by Gasteiger charge is 2.23. The maximum atomic E-state index is 14.8. The molecule has 0 radical (unpaired) electrons. The summed E-state index contributed by atoms with van der Waals surface area (Å²) in [5, 5.41) is 0.779. The molecule has 0 amide bonds. The molecule has 8 heteroatoms. The van der Waals surface area contributed by atoms with E-state index in [9.17, 15) is 9.18 Å². The first kappa shape index (κ1) is 18.5. The molecule has 2 aromatic heterocycles. The van der Waals surface area contributed by atoms with Gasteiger partial charge in [-0.3, -0.25) is 9.36 Å². The lowest BCUT2D eigenvalue weighted by Gasteiger charge is -2.28. The van der Waals surface area contributed by atoms with Crippen LogP contribution < -0.4 is 10.5 Å². The van der Waals surface area contributed by atoms with E-state index >= 15 is 0 Å². The highest BCUT2D eigenvalue weighted by atomic mass is 35.5. The van der Waals surface area contributed by atoms with Crippen molar-refractivity contribution in [3.8, 4) is 11.3 Å². The molecule has 29 heavy (non-hydrogen) atoms. The van der Waals surface area contributed by atoms with E-state index in [0.717, 1.165) is 25.1 Å². The number of halogens is 2. The van der Waals surface area contributed by atoms with Crippen LogP contribution >= 0.6 is 11.6 Å². The van der Waals surface area contributed by atoms with E-state index in [1.54, 1.807) is 22.8 Å². The zero-order valence-corrected chi connectivity index (χ0v) is 16.6. The van der Waals surface area contributed by atoms with Gasteiger partial charge in [0.05, 0.1) is 18.6 Å². The number of fused-ring (bicyclic) bond motifs is 2. The molecule has 2 aliphatic heterocycles. The molecular formula is C21H20ClFN4O2. The fraction of sp³-hybridized carbons (Fsp3) is 0.381. The summed E-state index contributed by atoms with van der Waals surface area (Å²) in [7, 11) is 0. The van der Waals surface area contributed by atoms with Crippen molar-refractivity contribution in [2.45, 2.75) is 25.8 Å². The minimum absolute atomic E-state index is 0.0859. The van der Waals surface area contributed by atoms with Crippen molar-refractivity contribution in [3.05, 3.63) is 51.3 Å². The predicted octanol–water partition coefficient (Wildman–Crippen LogP) is 3.42. The van der Waals surface area contributed by atoms with Crippen LogP contribution in [0.25, 0.3) is 22.2 Å². The quantitative estimate of drug-likeness (QED) is 0.643. The van der Waals surface area contributed by atoms with Crippen LogP contribution in [0.3, 0.4) is 0 Å². The van der Waals surface area contributed by atoms with Crippen molar-refractivity contribution >= 4 is 28.3 Å². The molecule has 0 atom stereocenters. The van der Waals surface area contributed by atoms with Crippen molar-refractivity contribution in [3.63, 3.8) is 0 Å². The number of ether oxygens (including phenoxy) is 1. The summed E-state index contributed by atoms with van der Waals surface area (Å²) in [6.07, 6.45) is 2.68. The van der Waals surface area contributed by atoms with Gasteiger partial charge in [-0.25, -0.2) is 14.4 Å². The monoisotopic (exact) mass is 414 g/mol. The Hall–Kier alpha value is -2.51. The Morgan fingerprint density at radius 2 is 1.90 bits per heavy atom. The van der Waals surface area contributed by atoms with Crippen LogP contribution in [0.15, 0.2) is 29.1 Å². The van der Waals surface area contributed by atoms with Crippen LogP contribution in [0.2, 0.25) is 5.02 Å². The number of benzene rings is 1. The Morgan fingerprint density at radius 1 is 1.07 bits per heavy atom. The first-order valence-electron chi connectivity index (χ1n) is 9.84. The molecular weight excluding hydrogens is 395 g/mol. The lowest BCUT2D eigenvalue weighted by atomic mass is 10.1. The highest BCUT2D eigenvalue weighted by Crippen LogP contribution is 2.32. The Kier molecular flexibility index (Phi) is 4.72. The SMILES string of the molecule is O=c1c2cc(N3CCOCC3)nc(-c3ccc(Cl)cc3F)c2nc2n1CCCC2. The fourth-order valence-electron chi connectivity index (χ4n) is 4.05. The standard InChI is InChI=1S/C21H20ClFN4O2/c22-13-4-5-14(16(23)11-13)19-20-15(12-18(25-19)26-7-9-29-10-8-26)21(28)27-6-2-1-3-17(27)24-20/h4-5,11-12H,1-3,6-10H2. The molecule has 5 rings (SSSR count). The van der Waals surface area contributed by atoms with Crippen LogP contribution in [0.4, 0.5) is 10.2 Å². The summed E-state index contributed by atoms with van der Waals surface area (Å²) in [5.74, 6) is 0.899. The summed E-state index contributed by atoms with van der Waals surface area (Å²) >= 11 is 5.94. The van der Waals surface area contributed by atoms with E-state index in [-0.39, 0.29) is 5.56 Å². The molecule has 0 bridgehead atoms. The molecule has 0 spiro atoms. The second kappa shape index (κ2) is 7.39. The van der Waals surface area contributed by atoms with Crippen molar-refractivity contribution in [1.82, 2.24) is 14.5 Å². The zero-order chi connectivity index (χ0) is 20.0. The second-order valence-electron chi connectivity index (χ2n) is 7.39. The highest BCUT2D eigenvalue weighted by molar-refractivity contribution is 6.30. The molecule has 4 heterocycles. The van der Waals surface area contributed by atoms with Gasteiger partial charge < -0.3 is 9.64 Å². The number of aromatic nitrogens is 3. The average Bonchev–Trinajstić information content (AvgIpc) is 2.74. The third-order valence-corrected chi connectivity index (χ3v) is 5.80. The van der Waals surface area contributed by atoms with Gasteiger partial charge in [0, 0.05) is 36.6 Å². The molecule has 6 nitrogen and oxygen atoms in total. The molecule has 150 valence electrons. The van der Waals surface area contributed by atoms with Crippen molar-refractivity contribution in [1.29, 1.82) is 0 Å². The number of hydrogen-bond acceptors (Lipinski definition) is 5. The number of nitrogens with zero attached hydrogens (tertiary/aromatic N) is 4. The Bertz CT molecular complexity index is 1160. The van der Waals surface area contributed by atoms with Gasteiger partial charge in [0.15, 0.2) is 0 Å². The van der Waals surface area contributed by atoms with Gasteiger partial charge in [-0.05, 0) is 37.1 Å². The third kappa shape index (κ3) is 3.28. The lowest BCUT2D eigenvalue weighted by Crippen LogP contribution is -2.37. The minimum Gasteiger partial charge on any atom is -0.378 e. The van der Waals surface area contributed by atoms with Crippen LogP contribution in [-0.2, 0) is 17.7 Å². The largest absolute Gasteiger partial charge is 0.378 e. The van der Waals surface area contributed by atoms with Crippen LogP contribution in [-0.4, -0.2) is 40.8 Å². The Labute approximate surface area is 171 Å². The van der Waals surface area contributed by atoms with Crippen molar-refractivity contribution in [2.75, 3.05) is 31.2 Å². The molecule has 0 N–H and O–H groups in total. The van der Waals surface area contributed by atoms with E-state index in [4.69, 9.17) is 26.3 Å². The first-order valence-corrected chi connectivity index (χ1v) is 10.2. The maximum Gasteiger partial charge on any atom is 0.261 e. The summed E-state index contributed by atoms with van der Waals surface area (Å²) < 4.78 is 22.0. The van der Waals surface area contributed by atoms with Crippen molar-refractivity contribution in [2.24, 2.45) is 0 Å². The third-order valence-electron chi connectivity index (χ3n) is 5.56. The molecule has 1 saturated heterocycles. The van der Waals surface area contributed by atoms with Gasteiger partial charge in [-0.2, -0.15) is 0 Å². The number of morpholine rings is 1. The van der Waals surface area contributed by atoms with E-state index in [0.29, 0.717) is 65.8 Å². The van der Waals surface area contributed by atoms with Gasteiger partial charge in [-0.15, -0.1) is 0 Å². The maximum absolute atomic E-state index is 14.8. The van der Waals surface area contributed by atoms with Gasteiger partial charge in [-0.1, -0.05) is 11.6 Å². The second-order valence-corrected chi connectivity index (χ2v) is 7.83. The Morgan fingerprint density at radius 3 is 2.69 bits per heavy atom. The van der Waals surface area contributed by atoms with Gasteiger partial charge in [0.2, 0.25) is 0 Å². The van der Waals surface area contributed by atoms with E-state index < -0.39 is 5.82 Å². The van der Waals surface area contributed by atoms with E-state index in [1.165, 1.54) is 6.07 Å². The first-order chi connectivity index (χ1) is 14.1. The topological polar surface area (TPSA) is 60.3 Å². The normalized spacial score (nSPS) is 16.8. The van der Waals surface area contributed by atoms with Gasteiger partial charge in [0.1, 0.15) is 28.7 Å². The molecule has 1 fully saturated rings. The summed E-state index contributed by atoms with van der Waals surface area (Å²) in [6, 6.07) is 6.27. The minimum atomic E-state index is -0.481. The number of pyridine rings is 1. The summed E-state index contributed by atoms with van der Waals surface area (Å²) in [4.78, 5) is 24.8. The molecule has 0 saturated carbocycles. The average molecular weight is 415 g/mol. The van der Waals surface area contributed by atoms with E-state index in [1.807, 2.05) is 0 Å². The van der Waals surface area contributed by atoms with Crippen LogP contribution in [0.1, 0.15) is 18.7 Å². The predicted molar refractivity (Wildman–Crippen MR) is 110 cm³/mol. The molecule has 0 aliphatic carbocycles. The fourth-order valence-corrected chi connectivity index (χ4v) is 4.21. The van der Waals surface area contributed by atoms with Crippen molar-refractivity contribution < 1.29 is 9.13 Å². The smallest absolute Gasteiger partial charge is 0.261 e. The Balaban J connectivity index is 1.80. The molecule has 0 unspecified atom stereocenters. The van der Waals surface area contributed by atoms with E-state index in [2.05, 4.69) is 4.90 Å². The van der Waals surface area contributed by atoms with Crippen LogP contribution in [0, 0.1) is 5.82 Å². The van der Waals surface area contributed by atoms with Crippen LogP contribution in [0.5, 0.6) is 0 Å². The molecule has 1 aromatic carbocycles. The summed E-state index contributed by atoms with van der Waals surface area (Å²) in [5.41, 5.74) is 1.03. The zero-order valence-electron chi connectivity index (χ0n) is 15.8. The van der Waals surface area contributed by atoms with Gasteiger partial charge in [0.25, 0.3) is 5.56 Å². The summed E-state index contributed by atoms with van der Waals surface area (Å²) in [6.45, 7) is 3.18. The molecule has 3 aromatic rings. The number of aryl methyl sites for hydroxylation is 1. The number of hydrogen-bond donors (Lipinski definition) is 0.